The summed E-state index contributed by atoms with van der Waals surface area (Å²) in [6.45, 7) is 3.48. The van der Waals surface area contributed by atoms with Crippen molar-refractivity contribution < 1.29 is 13.2 Å². The molecule has 0 spiro atoms. The number of nitrogens with zero attached hydrogens (tertiary/aromatic N) is 1. The van der Waals surface area contributed by atoms with Gasteiger partial charge < -0.3 is 10.6 Å². The van der Waals surface area contributed by atoms with Crippen LogP contribution >= 0.6 is 22.7 Å². The molecule has 0 amide bonds. The summed E-state index contributed by atoms with van der Waals surface area (Å²) in [6.07, 6.45) is 3.06. The van der Waals surface area contributed by atoms with E-state index in [2.05, 4.69) is 15.6 Å². The van der Waals surface area contributed by atoms with Crippen molar-refractivity contribution in [2.45, 2.75) is 29.3 Å². The molecule has 158 valence electrons. The summed E-state index contributed by atoms with van der Waals surface area (Å²) in [6, 6.07) is 10.8. The first-order valence-electron chi connectivity index (χ1n) is 9.77. The zero-order chi connectivity index (χ0) is 21.1. The molecule has 9 heteroatoms. The van der Waals surface area contributed by atoms with Gasteiger partial charge in [-0.25, -0.2) is 13.4 Å². The van der Waals surface area contributed by atoms with Gasteiger partial charge >= 0.3 is 0 Å². The highest BCUT2D eigenvalue weighted by molar-refractivity contribution is 7.94. The highest BCUT2D eigenvalue weighted by atomic mass is 32.2. The van der Waals surface area contributed by atoms with Gasteiger partial charge in [0.1, 0.15) is 9.58 Å². The summed E-state index contributed by atoms with van der Waals surface area (Å²) in [5.41, 5.74) is 1.53. The standard InChI is InChI=1S/C21H23N3O3S3/c1-14-5-2-3-6-16(14)19(25)17-13-23-21(29-17)24-20(15-8-10-22-11-9-15)30(26,27)18-7-4-12-28-18/h2-7,12-13,15,20,22H,8-11H2,1H3,(H,23,24). The third-order valence-corrected chi connectivity index (χ3v) is 9.75. The van der Waals surface area contributed by atoms with Crippen LogP contribution in [-0.2, 0) is 9.84 Å². The summed E-state index contributed by atoms with van der Waals surface area (Å²) in [4.78, 5) is 17.7. The Hall–Kier alpha value is -2.07. The molecule has 3 heterocycles. The van der Waals surface area contributed by atoms with Crippen molar-refractivity contribution >= 4 is 43.4 Å². The molecule has 1 saturated heterocycles. The molecule has 2 aromatic heterocycles. The van der Waals surface area contributed by atoms with Crippen LogP contribution in [0.2, 0.25) is 0 Å². The number of aryl methyl sites for hydroxylation is 1. The van der Waals surface area contributed by atoms with E-state index in [0.29, 0.717) is 19.8 Å². The van der Waals surface area contributed by atoms with E-state index in [4.69, 9.17) is 0 Å². The number of thiazole rings is 1. The van der Waals surface area contributed by atoms with E-state index in [1.165, 1.54) is 28.9 Å². The van der Waals surface area contributed by atoms with E-state index in [-0.39, 0.29) is 11.7 Å². The van der Waals surface area contributed by atoms with Gasteiger partial charge in [0.15, 0.2) is 5.13 Å². The molecule has 30 heavy (non-hydrogen) atoms. The van der Waals surface area contributed by atoms with Crippen LogP contribution in [0.15, 0.2) is 52.2 Å². The SMILES string of the molecule is Cc1ccccc1C(=O)c1cnc(NC(C2CCNCC2)S(=O)(=O)c2cccs2)s1. The molecule has 1 aliphatic rings. The van der Waals surface area contributed by atoms with E-state index in [1.54, 1.807) is 23.6 Å². The number of piperidine rings is 1. The molecule has 0 aliphatic carbocycles. The van der Waals surface area contributed by atoms with Crippen LogP contribution in [0.1, 0.15) is 33.6 Å². The van der Waals surface area contributed by atoms with E-state index in [0.717, 1.165) is 31.5 Å². The van der Waals surface area contributed by atoms with Crippen molar-refractivity contribution in [3.05, 3.63) is 64.0 Å². The maximum Gasteiger partial charge on any atom is 0.208 e. The molecule has 1 aliphatic heterocycles. The summed E-state index contributed by atoms with van der Waals surface area (Å²) < 4.78 is 27.0. The second-order valence-corrected chi connectivity index (χ2v) is 11.6. The summed E-state index contributed by atoms with van der Waals surface area (Å²) in [5.74, 6) is -0.129. The predicted molar refractivity (Wildman–Crippen MR) is 121 cm³/mol. The fourth-order valence-corrected chi connectivity index (χ4v) is 7.58. The molecule has 0 bridgehead atoms. The first-order valence-corrected chi connectivity index (χ1v) is 13.0. The maximum absolute atomic E-state index is 13.3. The van der Waals surface area contributed by atoms with Crippen LogP contribution < -0.4 is 10.6 Å². The quantitative estimate of drug-likeness (QED) is 0.518. The minimum Gasteiger partial charge on any atom is -0.344 e. The first-order chi connectivity index (χ1) is 14.5. The van der Waals surface area contributed by atoms with Crippen LogP contribution in [0, 0.1) is 12.8 Å². The Labute approximate surface area is 184 Å². The number of rotatable bonds is 7. The number of carbonyl (C=O) groups excluding carboxylic acids is 1. The van der Waals surface area contributed by atoms with Gasteiger partial charge in [-0.1, -0.05) is 41.7 Å². The Bertz CT molecular complexity index is 1120. The van der Waals surface area contributed by atoms with Gasteiger partial charge in [0.2, 0.25) is 15.6 Å². The lowest BCUT2D eigenvalue weighted by Gasteiger charge is -2.30. The van der Waals surface area contributed by atoms with Crippen molar-refractivity contribution in [3.63, 3.8) is 0 Å². The number of carbonyl (C=O) groups is 1. The number of thiophene rings is 1. The number of hydrogen-bond acceptors (Lipinski definition) is 8. The molecule has 1 atom stereocenters. The minimum absolute atomic E-state index is 0.0298. The minimum atomic E-state index is -3.56. The largest absolute Gasteiger partial charge is 0.344 e. The number of ketones is 1. The molecule has 1 unspecified atom stereocenters. The van der Waals surface area contributed by atoms with Crippen molar-refractivity contribution in [1.82, 2.24) is 10.3 Å². The van der Waals surface area contributed by atoms with Gasteiger partial charge in [-0.3, -0.25) is 4.79 Å². The Kier molecular flexibility index (Phi) is 6.33. The lowest BCUT2D eigenvalue weighted by molar-refractivity contribution is 0.104. The fraction of sp³-hybridized carbons (Fsp3) is 0.333. The molecule has 6 nitrogen and oxygen atoms in total. The van der Waals surface area contributed by atoms with Gasteiger partial charge in [0.05, 0.1) is 11.1 Å². The number of nitrogens with one attached hydrogen (secondary N) is 2. The monoisotopic (exact) mass is 461 g/mol. The second kappa shape index (κ2) is 8.97. The molecule has 4 rings (SSSR count). The number of benzene rings is 1. The van der Waals surface area contributed by atoms with Gasteiger partial charge in [-0.05, 0) is 55.8 Å². The highest BCUT2D eigenvalue weighted by Gasteiger charge is 2.36. The highest BCUT2D eigenvalue weighted by Crippen LogP contribution is 2.32. The average Bonchev–Trinajstić information content (AvgIpc) is 3.45. The zero-order valence-corrected chi connectivity index (χ0v) is 18.9. The van der Waals surface area contributed by atoms with Crippen molar-refractivity contribution in [1.29, 1.82) is 0 Å². The van der Waals surface area contributed by atoms with Crippen LogP contribution in [0.25, 0.3) is 0 Å². The number of sulfone groups is 1. The van der Waals surface area contributed by atoms with E-state index in [1.807, 2.05) is 25.1 Å². The van der Waals surface area contributed by atoms with E-state index < -0.39 is 15.2 Å². The molecular weight excluding hydrogens is 438 g/mol. The van der Waals surface area contributed by atoms with Crippen LogP contribution in [0.3, 0.4) is 0 Å². The third-order valence-electron chi connectivity index (χ3n) is 5.31. The predicted octanol–water partition coefficient (Wildman–Crippen LogP) is 3.96. The zero-order valence-electron chi connectivity index (χ0n) is 16.5. The van der Waals surface area contributed by atoms with Crippen molar-refractivity contribution in [3.8, 4) is 0 Å². The first kappa shape index (κ1) is 21.2. The van der Waals surface area contributed by atoms with Gasteiger partial charge in [-0.2, -0.15) is 0 Å². The van der Waals surface area contributed by atoms with Crippen molar-refractivity contribution in [2.24, 2.45) is 5.92 Å². The molecule has 3 aromatic rings. The fourth-order valence-electron chi connectivity index (χ4n) is 3.67. The number of anilines is 1. The number of hydrogen-bond donors (Lipinski definition) is 2. The lowest BCUT2D eigenvalue weighted by atomic mass is 9.98. The molecule has 0 saturated carbocycles. The molecule has 0 radical (unpaired) electrons. The van der Waals surface area contributed by atoms with E-state index in [9.17, 15) is 13.2 Å². The Balaban J connectivity index is 1.61. The smallest absolute Gasteiger partial charge is 0.208 e. The summed E-state index contributed by atoms with van der Waals surface area (Å²) in [7, 11) is -3.56. The maximum atomic E-state index is 13.3. The van der Waals surface area contributed by atoms with Crippen LogP contribution in [-0.4, -0.2) is 37.6 Å². The lowest BCUT2D eigenvalue weighted by Crippen LogP contribution is -2.42. The second-order valence-electron chi connectivity index (χ2n) is 7.30. The Morgan fingerprint density at radius 2 is 1.97 bits per heavy atom. The van der Waals surface area contributed by atoms with Gasteiger partial charge in [-0.15, -0.1) is 11.3 Å². The summed E-state index contributed by atoms with van der Waals surface area (Å²) >= 11 is 2.43. The average molecular weight is 462 g/mol. The molecular formula is C21H23N3O3S3. The van der Waals surface area contributed by atoms with Crippen LogP contribution in [0.5, 0.6) is 0 Å². The molecule has 1 aromatic carbocycles. The Morgan fingerprint density at radius 1 is 1.20 bits per heavy atom. The van der Waals surface area contributed by atoms with Gasteiger partial charge in [0, 0.05) is 5.56 Å². The van der Waals surface area contributed by atoms with Gasteiger partial charge in [0.25, 0.3) is 0 Å². The number of aromatic nitrogens is 1. The molecule has 2 N–H and O–H groups in total. The normalized spacial score (nSPS) is 16.3. The van der Waals surface area contributed by atoms with E-state index >= 15 is 0 Å². The third kappa shape index (κ3) is 4.34. The van der Waals surface area contributed by atoms with Crippen molar-refractivity contribution in [2.75, 3.05) is 18.4 Å². The topological polar surface area (TPSA) is 88.2 Å². The van der Waals surface area contributed by atoms with Crippen LogP contribution in [0.4, 0.5) is 5.13 Å². The summed E-state index contributed by atoms with van der Waals surface area (Å²) in [5, 5.41) is 7.90. The Morgan fingerprint density at radius 3 is 2.67 bits per heavy atom. The molecule has 1 fully saturated rings.